The maximum absolute atomic E-state index is 12.7. The Morgan fingerprint density at radius 1 is 1.21 bits per heavy atom. The minimum Gasteiger partial charge on any atom is -0.339 e. The van der Waals surface area contributed by atoms with Crippen molar-refractivity contribution in [1.29, 1.82) is 0 Å². The van der Waals surface area contributed by atoms with Gasteiger partial charge in [0.2, 0.25) is 5.89 Å². The molecule has 0 spiro atoms. The maximum atomic E-state index is 12.7. The number of hydrogen-bond acceptors (Lipinski definition) is 5. The van der Waals surface area contributed by atoms with Crippen LogP contribution in [0.4, 0.5) is 21.0 Å². The number of aromatic nitrogens is 2. The second-order valence-electron chi connectivity index (χ2n) is 7.45. The highest BCUT2D eigenvalue weighted by molar-refractivity contribution is 5.96. The number of likely N-dealkylation sites (tertiary alicyclic amines) is 1. The molecule has 154 valence electrons. The van der Waals surface area contributed by atoms with Crippen molar-refractivity contribution in [1.82, 2.24) is 20.4 Å². The Kier molecular flexibility index (Phi) is 5.37. The van der Waals surface area contributed by atoms with Crippen LogP contribution in [-0.2, 0) is 6.42 Å². The van der Waals surface area contributed by atoms with Gasteiger partial charge in [-0.25, -0.2) is 9.59 Å². The molecule has 2 N–H and O–H groups in total. The number of amides is 4. The fourth-order valence-electron chi connectivity index (χ4n) is 3.93. The van der Waals surface area contributed by atoms with Crippen LogP contribution in [0.2, 0.25) is 0 Å². The highest BCUT2D eigenvalue weighted by Gasteiger charge is 2.28. The van der Waals surface area contributed by atoms with E-state index in [0.717, 1.165) is 30.5 Å². The van der Waals surface area contributed by atoms with Crippen LogP contribution in [0.3, 0.4) is 0 Å². The Hall–Kier alpha value is -3.10. The van der Waals surface area contributed by atoms with Gasteiger partial charge in [0.15, 0.2) is 5.82 Å². The van der Waals surface area contributed by atoms with Crippen LogP contribution in [0.15, 0.2) is 22.7 Å². The molecule has 0 bridgehead atoms. The van der Waals surface area contributed by atoms with Gasteiger partial charge in [0, 0.05) is 37.8 Å². The van der Waals surface area contributed by atoms with Crippen molar-refractivity contribution in [2.24, 2.45) is 0 Å². The third-order valence-corrected chi connectivity index (χ3v) is 5.48. The summed E-state index contributed by atoms with van der Waals surface area (Å²) >= 11 is 0. The third-order valence-electron chi connectivity index (χ3n) is 5.48. The molecule has 3 heterocycles. The number of nitrogens with one attached hydrogen (secondary N) is 2. The molecule has 2 aliphatic heterocycles. The average molecular weight is 398 g/mol. The molecule has 0 atom stereocenters. The predicted octanol–water partition coefficient (Wildman–Crippen LogP) is 2.88. The van der Waals surface area contributed by atoms with Crippen LogP contribution < -0.4 is 15.5 Å². The molecule has 2 aliphatic rings. The van der Waals surface area contributed by atoms with Crippen molar-refractivity contribution in [3.8, 4) is 0 Å². The van der Waals surface area contributed by atoms with E-state index in [4.69, 9.17) is 4.52 Å². The molecule has 1 aromatic heterocycles. The average Bonchev–Trinajstić information content (AvgIpc) is 3.34. The van der Waals surface area contributed by atoms with Crippen molar-refractivity contribution in [2.75, 3.05) is 36.4 Å². The number of piperidine rings is 1. The summed E-state index contributed by atoms with van der Waals surface area (Å²) in [6, 6.07) is 5.52. The summed E-state index contributed by atoms with van der Waals surface area (Å²) < 4.78 is 5.27. The lowest BCUT2D eigenvalue weighted by Crippen LogP contribution is -2.40. The number of anilines is 2. The molecule has 0 unspecified atom stereocenters. The van der Waals surface area contributed by atoms with E-state index < -0.39 is 0 Å². The quantitative estimate of drug-likeness (QED) is 0.827. The zero-order chi connectivity index (χ0) is 20.4. The molecule has 9 nitrogen and oxygen atoms in total. The lowest BCUT2D eigenvalue weighted by molar-refractivity contribution is 0.187. The van der Waals surface area contributed by atoms with Gasteiger partial charge in [-0.1, -0.05) is 11.2 Å². The van der Waals surface area contributed by atoms with E-state index in [9.17, 15) is 9.59 Å². The van der Waals surface area contributed by atoms with Crippen LogP contribution in [0, 0.1) is 6.92 Å². The fourth-order valence-corrected chi connectivity index (χ4v) is 3.93. The van der Waals surface area contributed by atoms with Gasteiger partial charge in [0.05, 0.1) is 5.69 Å². The summed E-state index contributed by atoms with van der Waals surface area (Å²) in [5.74, 6) is 1.50. The summed E-state index contributed by atoms with van der Waals surface area (Å²) in [4.78, 5) is 32.8. The van der Waals surface area contributed by atoms with E-state index in [1.807, 2.05) is 25.1 Å². The Balaban J connectivity index is 1.37. The first-order valence-electron chi connectivity index (χ1n) is 10.1. The summed E-state index contributed by atoms with van der Waals surface area (Å²) in [5, 5.41) is 9.65. The lowest BCUT2D eigenvalue weighted by atomic mass is 9.97. The van der Waals surface area contributed by atoms with Gasteiger partial charge in [-0.15, -0.1) is 0 Å². The Labute approximate surface area is 169 Å². The van der Waals surface area contributed by atoms with Gasteiger partial charge < -0.3 is 20.1 Å². The standard InChI is InChI=1S/C20H26N6O3/c1-3-21-19(27)26-11-8-14-4-5-16(12-17(14)26)23-20(28)25-9-6-15(7-10-25)18-22-13(2)24-29-18/h4-5,12,15H,3,6-11H2,1-2H3,(H,21,27)(H,23,28). The van der Waals surface area contributed by atoms with Crippen molar-refractivity contribution >= 4 is 23.4 Å². The van der Waals surface area contributed by atoms with Gasteiger partial charge in [-0.05, 0) is 50.8 Å². The molecule has 29 heavy (non-hydrogen) atoms. The Morgan fingerprint density at radius 3 is 2.69 bits per heavy atom. The predicted molar refractivity (Wildman–Crippen MR) is 108 cm³/mol. The molecule has 9 heteroatoms. The zero-order valence-corrected chi connectivity index (χ0v) is 16.8. The largest absolute Gasteiger partial charge is 0.339 e. The number of nitrogens with zero attached hydrogens (tertiary/aromatic N) is 4. The van der Waals surface area contributed by atoms with Crippen molar-refractivity contribution in [3.05, 3.63) is 35.5 Å². The monoisotopic (exact) mass is 398 g/mol. The number of urea groups is 2. The van der Waals surface area contributed by atoms with Crippen LogP contribution >= 0.6 is 0 Å². The van der Waals surface area contributed by atoms with E-state index >= 15 is 0 Å². The SMILES string of the molecule is CCNC(=O)N1CCc2ccc(NC(=O)N3CCC(c4nc(C)no4)CC3)cc21. The van der Waals surface area contributed by atoms with Gasteiger partial charge in [-0.2, -0.15) is 4.98 Å². The maximum Gasteiger partial charge on any atom is 0.321 e. The smallest absolute Gasteiger partial charge is 0.321 e. The molecule has 2 aromatic rings. The van der Waals surface area contributed by atoms with Gasteiger partial charge in [-0.3, -0.25) is 4.90 Å². The van der Waals surface area contributed by atoms with E-state index in [2.05, 4.69) is 20.8 Å². The summed E-state index contributed by atoms with van der Waals surface area (Å²) in [7, 11) is 0. The number of benzene rings is 1. The molecule has 0 aliphatic carbocycles. The van der Waals surface area contributed by atoms with Crippen molar-refractivity contribution in [2.45, 2.75) is 39.0 Å². The first-order valence-corrected chi connectivity index (χ1v) is 10.1. The van der Waals surface area contributed by atoms with Gasteiger partial charge >= 0.3 is 12.1 Å². The number of carbonyl (C=O) groups excluding carboxylic acids is 2. The highest BCUT2D eigenvalue weighted by Crippen LogP contribution is 2.31. The number of fused-ring (bicyclic) bond motifs is 1. The second-order valence-corrected chi connectivity index (χ2v) is 7.45. The van der Waals surface area contributed by atoms with Gasteiger partial charge in [0.1, 0.15) is 0 Å². The first-order chi connectivity index (χ1) is 14.0. The molecule has 4 amide bonds. The number of hydrogen-bond donors (Lipinski definition) is 2. The summed E-state index contributed by atoms with van der Waals surface area (Å²) in [6.45, 7) is 6.21. The summed E-state index contributed by atoms with van der Waals surface area (Å²) in [5.41, 5.74) is 2.67. The molecule has 1 saturated heterocycles. The van der Waals surface area contributed by atoms with E-state index in [1.54, 1.807) is 16.7 Å². The van der Waals surface area contributed by atoms with E-state index in [0.29, 0.717) is 43.6 Å². The van der Waals surface area contributed by atoms with Crippen molar-refractivity contribution < 1.29 is 14.1 Å². The van der Waals surface area contributed by atoms with Crippen molar-refractivity contribution in [3.63, 3.8) is 0 Å². The fraction of sp³-hybridized carbons (Fsp3) is 0.500. The van der Waals surface area contributed by atoms with E-state index in [-0.39, 0.29) is 18.0 Å². The third kappa shape index (κ3) is 4.03. The lowest BCUT2D eigenvalue weighted by Gasteiger charge is -2.30. The highest BCUT2D eigenvalue weighted by atomic mass is 16.5. The topological polar surface area (TPSA) is 104 Å². The molecular formula is C20H26N6O3. The van der Waals surface area contributed by atoms with Crippen LogP contribution in [0.5, 0.6) is 0 Å². The second kappa shape index (κ2) is 8.10. The van der Waals surface area contributed by atoms with Crippen LogP contribution in [0.25, 0.3) is 0 Å². The van der Waals surface area contributed by atoms with E-state index in [1.165, 1.54) is 0 Å². The molecule has 1 fully saturated rings. The molecule has 0 radical (unpaired) electrons. The number of rotatable bonds is 3. The molecule has 1 aromatic carbocycles. The minimum atomic E-state index is -0.132. The van der Waals surface area contributed by atoms with Crippen LogP contribution in [-0.4, -0.2) is 53.3 Å². The zero-order valence-electron chi connectivity index (χ0n) is 16.8. The Morgan fingerprint density at radius 2 is 2.00 bits per heavy atom. The molecule has 4 rings (SSSR count). The number of aryl methyl sites for hydroxylation is 1. The first kappa shape index (κ1) is 19.2. The normalized spacial score (nSPS) is 16.6. The molecule has 0 saturated carbocycles. The minimum absolute atomic E-state index is 0.104. The summed E-state index contributed by atoms with van der Waals surface area (Å²) in [6.07, 6.45) is 2.41. The van der Waals surface area contributed by atoms with Gasteiger partial charge in [0.25, 0.3) is 0 Å². The number of carbonyl (C=O) groups is 2. The molecular weight excluding hydrogens is 372 g/mol. The van der Waals surface area contributed by atoms with Crippen LogP contribution in [0.1, 0.15) is 43.0 Å². The Bertz CT molecular complexity index is 903.